The van der Waals surface area contributed by atoms with Gasteiger partial charge in [0.25, 0.3) is 0 Å². The summed E-state index contributed by atoms with van der Waals surface area (Å²) in [6.07, 6.45) is 12.4. The summed E-state index contributed by atoms with van der Waals surface area (Å²) in [6.45, 7) is 10.00. The van der Waals surface area contributed by atoms with E-state index in [1.807, 2.05) is 19.2 Å². The highest BCUT2D eigenvalue weighted by Crippen LogP contribution is 2.31. The van der Waals surface area contributed by atoms with Crippen molar-refractivity contribution in [1.82, 2.24) is 24.6 Å². The maximum absolute atomic E-state index is 14.8. The van der Waals surface area contributed by atoms with Crippen LogP contribution in [0.5, 0.6) is 0 Å². The number of fused-ring (bicyclic) bond motifs is 1. The first-order valence-corrected chi connectivity index (χ1v) is 13.1. The van der Waals surface area contributed by atoms with E-state index < -0.39 is 5.82 Å². The molecule has 1 aliphatic carbocycles. The van der Waals surface area contributed by atoms with Crippen molar-refractivity contribution in [3.05, 3.63) is 76.2 Å². The molecule has 0 atom stereocenters. The molecule has 3 aliphatic rings. The molecule has 2 aromatic heterocycles. The fourth-order valence-electron chi connectivity index (χ4n) is 5.10. The molecule has 0 bridgehead atoms. The minimum Gasteiger partial charge on any atom is -0.356 e. The predicted molar refractivity (Wildman–Crippen MR) is 146 cm³/mol. The summed E-state index contributed by atoms with van der Waals surface area (Å²) in [7, 11) is 2.14. The number of aromatic nitrogens is 2. The van der Waals surface area contributed by atoms with Gasteiger partial charge in [0, 0.05) is 56.1 Å². The van der Waals surface area contributed by atoms with E-state index in [0.29, 0.717) is 28.8 Å². The van der Waals surface area contributed by atoms with Gasteiger partial charge in [-0.05, 0) is 57.0 Å². The summed E-state index contributed by atoms with van der Waals surface area (Å²) >= 11 is 0. The van der Waals surface area contributed by atoms with Crippen LogP contribution < -0.4 is 5.43 Å². The standard InChI is InChI=1S/C29H35FN6O/c1-5-20-11-22(23-15-25(30)29-31-19(3)17-36(29)18-23)16-27(37)24(12-20)26-13-21(6-2)14-28(33-32-26)35-9-7-34(4)8-10-35/h11,13,15-18,32H,5-10,12,14H2,1-4H3/b26-24-. The maximum Gasteiger partial charge on any atom is 0.184 e. The molecule has 194 valence electrons. The number of ketones is 1. The first kappa shape index (κ1) is 25.1. The van der Waals surface area contributed by atoms with E-state index in [1.165, 1.54) is 11.6 Å². The Bertz CT molecular complexity index is 1380. The van der Waals surface area contributed by atoms with Crippen LogP contribution in [0.4, 0.5) is 4.39 Å². The molecule has 1 fully saturated rings. The SMILES string of the molecule is CCC1=C/C(=C2\CC(CC)=CC(c3cc(F)c4nc(C)cn4c3)=CC2=O)NN=C(N2CCN(C)CC2)C1. The molecule has 8 heteroatoms. The summed E-state index contributed by atoms with van der Waals surface area (Å²) < 4.78 is 16.5. The first-order valence-electron chi connectivity index (χ1n) is 13.1. The van der Waals surface area contributed by atoms with Gasteiger partial charge in [0.2, 0.25) is 0 Å². The number of piperazine rings is 1. The average Bonchev–Trinajstić information content (AvgIpc) is 3.04. The number of hydrogen-bond acceptors (Lipinski definition) is 6. The fraction of sp³-hybridized carbons (Fsp3) is 0.414. The number of hydrazone groups is 1. The molecule has 1 saturated heterocycles. The van der Waals surface area contributed by atoms with Gasteiger partial charge in [0.05, 0.1) is 11.4 Å². The predicted octanol–water partition coefficient (Wildman–Crippen LogP) is 4.62. The fourth-order valence-corrected chi connectivity index (χ4v) is 5.10. The largest absolute Gasteiger partial charge is 0.356 e. The molecule has 0 amide bonds. The number of imidazole rings is 1. The number of nitrogens with zero attached hydrogens (tertiary/aromatic N) is 5. The molecule has 0 radical (unpaired) electrons. The van der Waals surface area contributed by atoms with Gasteiger partial charge in [-0.2, -0.15) is 5.10 Å². The van der Waals surface area contributed by atoms with Crippen LogP contribution in [-0.2, 0) is 4.79 Å². The van der Waals surface area contributed by atoms with Crippen LogP contribution in [0, 0.1) is 12.7 Å². The number of carbonyl (C=O) groups excluding carboxylic acids is 1. The van der Waals surface area contributed by atoms with Gasteiger partial charge in [0.1, 0.15) is 5.84 Å². The summed E-state index contributed by atoms with van der Waals surface area (Å²) in [5, 5.41) is 4.78. The summed E-state index contributed by atoms with van der Waals surface area (Å²) in [5.74, 6) is 0.546. The number of halogens is 1. The third-order valence-corrected chi connectivity index (χ3v) is 7.45. The van der Waals surface area contributed by atoms with E-state index in [9.17, 15) is 9.18 Å². The van der Waals surface area contributed by atoms with Crippen molar-refractivity contribution in [2.45, 2.75) is 46.5 Å². The Morgan fingerprint density at radius 3 is 2.46 bits per heavy atom. The highest BCUT2D eigenvalue weighted by atomic mass is 19.1. The zero-order valence-corrected chi connectivity index (χ0v) is 22.1. The van der Waals surface area contributed by atoms with Crippen LogP contribution in [-0.4, -0.2) is 64.0 Å². The van der Waals surface area contributed by atoms with Crippen molar-refractivity contribution in [3.8, 4) is 0 Å². The lowest BCUT2D eigenvalue weighted by Crippen LogP contribution is -2.47. The third kappa shape index (κ3) is 5.30. The monoisotopic (exact) mass is 502 g/mol. The van der Waals surface area contributed by atoms with Gasteiger partial charge in [-0.3, -0.25) is 10.2 Å². The molecule has 4 heterocycles. The zero-order valence-electron chi connectivity index (χ0n) is 22.1. The Labute approximate surface area is 217 Å². The molecule has 0 aromatic carbocycles. The van der Waals surface area contributed by atoms with E-state index in [1.54, 1.807) is 16.7 Å². The smallest absolute Gasteiger partial charge is 0.184 e. The Kier molecular flexibility index (Phi) is 7.11. The summed E-state index contributed by atoms with van der Waals surface area (Å²) in [4.78, 5) is 22.5. The molecule has 7 nitrogen and oxygen atoms in total. The molecule has 37 heavy (non-hydrogen) atoms. The highest BCUT2D eigenvalue weighted by molar-refractivity contribution is 6.11. The number of aryl methyl sites for hydroxylation is 1. The number of allylic oxidation sites excluding steroid dienone is 6. The van der Waals surface area contributed by atoms with Crippen LogP contribution in [0.25, 0.3) is 11.2 Å². The van der Waals surface area contributed by atoms with Crippen molar-refractivity contribution in [2.75, 3.05) is 33.2 Å². The number of carbonyl (C=O) groups is 1. The molecule has 2 aliphatic heterocycles. The van der Waals surface area contributed by atoms with Gasteiger partial charge in [-0.25, -0.2) is 9.37 Å². The normalized spacial score (nSPS) is 21.6. The molecule has 1 N–H and O–H groups in total. The lowest BCUT2D eigenvalue weighted by Gasteiger charge is -2.34. The molecule has 0 unspecified atom stereocenters. The minimum atomic E-state index is -0.403. The molecule has 0 spiro atoms. The van der Waals surface area contributed by atoms with Crippen molar-refractivity contribution < 1.29 is 9.18 Å². The second-order valence-electron chi connectivity index (χ2n) is 10.1. The van der Waals surface area contributed by atoms with Gasteiger partial charge >= 0.3 is 0 Å². The number of nitrogens with one attached hydrogen (secondary N) is 1. The second-order valence-corrected chi connectivity index (χ2v) is 10.1. The van der Waals surface area contributed by atoms with Crippen molar-refractivity contribution in [1.29, 1.82) is 0 Å². The molecule has 0 saturated carbocycles. The highest BCUT2D eigenvalue weighted by Gasteiger charge is 2.24. The minimum absolute atomic E-state index is 0.0792. The molecule has 2 aromatic rings. The van der Waals surface area contributed by atoms with E-state index >= 15 is 0 Å². The van der Waals surface area contributed by atoms with E-state index in [4.69, 9.17) is 5.10 Å². The van der Waals surface area contributed by atoms with Crippen molar-refractivity contribution in [3.63, 3.8) is 0 Å². The second kappa shape index (κ2) is 10.5. The first-order chi connectivity index (χ1) is 17.8. The quantitative estimate of drug-likeness (QED) is 0.621. The lowest BCUT2D eigenvalue weighted by atomic mass is 9.98. The number of hydrogen-bond donors (Lipinski definition) is 1. The van der Waals surface area contributed by atoms with Crippen molar-refractivity contribution >= 4 is 22.8 Å². The zero-order chi connectivity index (χ0) is 26.1. The average molecular weight is 503 g/mol. The third-order valence-electron chi connectivity index (χ3n) is 7.45. The number of amidine groups is 1. The topological polar surface area (TPSA) is 65.2 Å². The Balaban J connectivity index is 1.52. The van der Waals surface area contributed by atoms with Crippen LogP contribution in [0.1, 0.15) is 50.8 Å². The van der Waals surface area contributed by atoms with Gasteiger partial charge in [-0.15, -0.1) is 0 Å². The van der Waals surface area contributed by atoms with Gasteiger partial charge in [-0.1, -0.05) is 31.1 Å². The van der Waals surface area contributed by atoms with Gasteiger partial charge < -0.3 is 14.2 Å². The molecule has 5 rings (SSSR count). The Morgan fingerprint density at radius 2 is 1.73 bits per heavy atom. The van der Waals surface area contributed by atoms with Crippen molar-refractivity contribution in [2.24, 2.45) is 5.10 Å². The Morgan fingerprint density at radius 1 is 1.00 bits per heavy atom. The van der Waals surface area contributed by atoms with Crippen LogP contribution >= 0.6 is 0 Å². The summed E-state index contributed by atoms with van der Waals surface area (Å²) in [6, 6.07) is 1.47. The maximum atomic E-state index is 14.8. The van der Waals surface area contributed by atoms with Crippen LogP contribution in [0.2, 0.25) is 0 Å². The molecular formula is C29H35FN6O. The van der Waals surface area contributed by atoms with Crippen LogP contribution in [0.3, 0.4) is 0 Å². The lowest BCUT2D eigenvalue weighted by molar-refractivity contribution is -0.111. The van der Waals surface area contributed by atoms with E-state index in [2.05, 4.69) is 47.2 Å². The molecular weight excluding hydrogens is 467 g/mol. The summed E-state index contributed by atoms with van der Waals surface area (Å²) in [5.41, 5.74) is 9.46. The number of rotatable bonds is 3. The van der Waals surface area contributed by atoms with E-state index in [0.717, 1.165) is 68.2 Å². The Hall–Kier alpha value is -3.52. The number of likely N-dealkylation sites (N-methyl/N-ethyl adjacent to an activating group) is 1. The van der Waals surface area contributed by atoms with E-state index in [-0.39, 0.29) is 5.78 Å². The number of pyridine rings is 1. The van der Waals surface area contributed by atoms with Gasteiger partial charge in [0.15, 0.2) is 17.2 Å². The van der Waals surface area contributed by atoms with Crippen LogP contribution in [0.15, 0.2) is 64.2 Å².